The number of aromatic nitrogens is 2. The van der Waals surface area contributed by atoms with Crippen LogP contribution in [-0.4, -0.2) is 24.1 Å². The number of H-pyrrole nitrogens is 1. The minimum absolute atomic E-state index is 0.0688. The lowest BCUT2D eigenvalue weighted by Crippen LogP contribution is -2.19. The summed E-state index contributed by atoms with van der Waals surface area (Å²) in [4.78, 5) is 19.2. The number of aryl methyl sites for hydroxylation is 1. The van der Waals surface area contributed by atoms with Crippen LogP contribution in [0.15, 0.2) is 50.8 Å². The third-order valence-corrected chi connectivity index (χ3v) is 7.29. The Bertz CT molecular complexity index is 1150. The number of nitrogens with zero attached hydrogens (tertiary/aromatic N) is 1. The number of hydrogen-bond donors (Lipinski definition) is 2. The molecule has 0 atom stereocenters. The van der Waals surface area contributed by atoms with Crippen LogP contribution in [0.4, 0.5) is 5.95 Å². The predicted molar refractivity (Wildman–Crippen MR) is 108 cm³/mol. The molecular weight excluding hydrogens is 414 g/mol. The Balaban J connectivity index is 2.05. The Morgan fingerprint density at radius 1 is 1.46 bits per heavy atom. The van der Waals surface area contributed by atoms with Crippen LogP contribution >= 0.6 is 34.7 Å². The lowest BCUT2D eigenvalue weighted by molar-refractivity contribution is 0.598. The van der Waals surface area contributed by atoms with E-state index in [4.69, 9.17) is 11.6 Å². The van der Waals surface area contributed by atoms with Crippen LogP contribution in [-0.2, 0) is 10.0 Å². The van der Waals surface area contributed by atoms with Crippen molar-refractivity contribution in [1.29, 1.82) is 0 Å². The highest BCUT2D eigenvalue weighted by Crippen LogP contribution is 2.32. The van der Waals surface area contributed by atoms with Gasteiger partial charge in [0.25, 0.3) is 15.6 Å². The number of rotatable bonds is 6. The molecule has 0 aliphatic carbocycles. The van der Waals surface area contributed by atoms with Crippen LogP contribution in [0.5, 0.6) is 0 Å². The summed E-state index contributed by atoms with van der Waals surface area (Å²) in [6.07, 6.45) is 1.67. The van der Waals surface area contributed by atoms with Crippen LogP contribution in [0.3, 0.4) is 0 Å². The van der Waals surface area contributed by atoms with Crippen LogP contribution < -0.4 is 10.3 Å². The van der Waals surface area contributed by atoms with Gasteiger partial charge in [-0.3, -0.25) is 9.78 Å². The molecule has 1 aromatic carbocycles. The van der Waals surface area contributed by atoms with Gasteiger partial charge in [0, 0.05) is 15.7 Å². The zero-order valence-corrected chi connectivity index (χ0v) is 16.8. The Hall–Kier alpha value is -1.81. The molecule has 0 radical (unpaired) electrons. The van der Waals surface area contributed by atoms with Gasteiger partial charge < -0.3 is 0 Å². The van der Waals surface area contributed by atoms with E-state index < -0.39 is 15.6 Å². The number of sulfonamides is 1. The maximum atomic E-state index is 12.9. The van der Waals surface area contributed by atoms with Crippen molar-refractivity contribution in [2.24, 2.45) is 0 Å². The van der Waals surface area contributed by atoms with Crippen molar-refractivity contribution in [3.8, 4) is 0 Å². The zero-order chi connectivity index (χ0) is 18.9. The SMILES string of the molecule is C=CCSc1cc(Cl)c(C)cc1S(=O)(=O)Nc1nc2ccsc2c(=O)[nH]1. The first kappa shape index (κ1) is 19.0. The van der Waals surface area contributed by atoms with Gasteiger partial charge in [0.05, 0.1) is 5.52 Å². The first-order valence-electron chi connectivity index (χ1n) is 7.36. The first-order chi connectivity index (χ1) is 12.3. The summed E-state index contributed by atoms with van der Waals surface area (Å²) in [5.41, 5.74) is 0.672. The normalized spacial score (nSPS) is 11.6. The van der Waals surface area contributed by atoms with Crippen LogP contribution in [0, 0.1) is 6.92 Å². The molecule has 136 valence electrons. The number of halogens is 1. The highest BCUT2D eigenvalue weighted by Gasteiger charge is 2.22. The molecule has 0 amide bonds. The van der Waals surface area contributed by atoms with Crippen molar-refractivity contribution in [2.45, 2.75) is 16.7 Å². The lowest BCUT2D eigenvalue weighted by Gasteiger charge is -2.13. The van der Waals surface area contributed by atoms with Crippen LogP contribution in [0.2, 0.25) is 5.02 Å². The minimum Gasteiger partial charge on any atom is -0.291 e. The summed E-state index contributed by atoms with van der Waals surface area (Å²) >= 11 is 8.68. The van der Waals surface area contributed by atoms with E-state index in [1.807, 2.05) is 0 Å². The molecule has 0 saturated carbocycles. The third-order valence-electron chi connectivity index (χ3n) is 3.42. The van der Waals surface area contributed by atoms with E-state index in [0.29, 0.717) is 31.5 Å². The van der Waals surface area contributed by atoms with E-state index in [9.17, 15) is 13.2 Å². The molecule has 0 unspecified atom stereocenters. The van der Waals surface area contributed by atoms with Crippen molar-refractivity contribution in [3.63, 3.8) is 0 Å². The summed E-state index contributed by atoms with van der Waals surface area (Å²) in [6.45, 7) is 5.36. The van der Waals surface area contributed by atoms with Crippen molar-refractivity contribution in [3.05, 3.63) is 57.2 Å². The fourth-order valence-electron chi connectivity index (χ4n) is 2.21. The number of benzene rings is 1. The molecule has 10 heteroatoms. The number of thioether (sulfide) groups is 1. The number of thiophene rings is 1. The van der Waals surface area contributed by atoms with Crippen LogP contribution in [0.1, 0.15) is 5.56 Å². The Morgan fingerprint density at radius 3 is 2.96 bits per heavy atom. The molecule has 0 aliphatic rings. The van der Waals surface area contributed by atoms with E-state index in [1.54, 1.807) is 30.5 Å². The highest BCUT2D eigenvalue weighted by atomic mass is 35.5. The van der Waals surface area contributed by atoms with Gasteiger partial charge in [0.2, 0.25) is 5.95 Å². The molecule has 2 heterocycles. The van der Waals surface area contributed by atoms with E-state index in [1.165, 1.54) is 29.2 Å². The third kappa shape index (κ3) is 3.80. The van der Waals surface area contributed by atoms with Crippen molar-refractivity contribution in [1.82, 2.24) is 9.97 Å². The van der Waals surface area contributed by atoms with Gasteiger partial charge in [-0.25, -0.2) is 18.1 Å². The molecule has 0 saturated heterocycles. The van der Waals surface area contributed by atoms with Gasteiger partial charge in [0.15, 0.2) is 0 Å². The molecule has 3 aromatic rings. The number of fused-ring (bicyclic) bond motifs is 1. The van der Waals surface area contributed by atoms with Gasteiger partial charge in [-0.1, -0.05) is 17.7 Å². The van der Waals surface area contributed by atoms with Crippen molar-refractivity contribution >= 4 is 60.9 Å². The molecule has 2 N–H and O–H groups in total. The quantitative estimate of drug-likeness (QED) is 0.457. The first-order valence-corrected chi connectivity index (χ1v) is 11.1. The predicted octanol–water partition coefficient (Wildman–Crippen LogP) is 4.03. The number of aromatic amines is 1. The Labute approximate surface area is 163 Å². The maximum Gasteiger partial charge on any atom is 0.270 e. The molecule has 26 heavy (non-hydrogen) atoms. The van der Waals surface area contributed by atoms with Gasteiger partial charge in [0.1, 0.15) is 9.60 Å². The van der Waals surface area contributed by atoms with Gasteiger partial charge >= 0.3 is 0 Å². The van der Waals surface area contributed by atoms with E-state index in [-0.39, 0.29) is 10.8 Å². The fraction of sp³-hybridized carbons (Fsp3) is 0.125. The maximum absolute atomic E-state index is 12.9. The number of nitrogens with one attached hydrogen (secondary N) is 2. The second-order valence-corrected chi connectivity index (χ2v) is 9.34. The second-order valence-electron chi connectivity index (χ2n) is 5.30. The smallest absolute Gasteiger partial charge is 0.270 e. The average molecular weight is 428 g/mol. The zero-order valence-electron chi connectivity index (χ0n) is 13.6. The standard InChI is InChI=1S/C16H14ClN3O3S3/c1-3-5-24-12-8-10(17)9(2)7-13(12)26(22,23)20-16-18-11-4-6-25-14(11)15(21)19-16/h3-4,6-8H,1,5H2,2H3,(H2,18,19,20,21). The molecule has 0 aliphatic heterocycles. The van der Waals surface area contributed by atoms with Gasteiger partial charge in [-0.05, 0) is 36.1 Å². The largest absolute Gasteiger partial charge is 0.291 e. The summed E-state index contributed by atoms with van der Waals surface area (Å²) in [5.74, 6) is 0.394. The average Bonchev–Trinajstić information content (AvgIpc) is 3.04. The summed E-state index contributed by atoms with van der Waals surface area (Å²) < 4.78 is 28.6. The Kier molecular flexibility index (Phi) is 5.42. The lowest BCUT2D eigenvalue weighted by atomic mass is 10.2. The minimum atomic E-state index is -3.98. The topological polar surface area (TPSA) is 91.9 Å². The number of anilines is 1. The van der Waals surface area contributed by atoms with E-state index in [0.717, 1.165) is 0 Å². The molecule has 6 nitrogen and oxygen atoms in total. The molecule has 3 rings (SSSR count). The Morgan fingerprint density at radius 2 is 2.23 bits per heavy atom. The van der Waals surface area contributed by atoms with Crippen molar-refractivity contribution < 1.29 is 8.42 Å². The molecule has 0 fully saturated rings. The van der Waals surface area contributed by atoms with Gasteiger partial charge in [-0.15, -0.1) is 29.7 Å². The monoisotopic (exact) mass is 427 g/mol. The molecule has 2 aromatic heterocycles. The van der Waals surface area contributed by atoms with Crippen molar-refractivity contribution in [2.75, 3.05) is 10.5 Å². The summed E-state index contributed by atoms with van der Waals surface area (Å²) in [6, 6.07) is 4.76. The molecular formula is C16H14ClN3O3S3. The number of hydrogen-bond acceptors (Lipinski definition) is 6. The summed E-state index contributed by atoms with van der Waals surface area (Å²) in [5, 5.41) is 2.19. The van der Waals surface area contributed by atoms with E-state index in [2.05, 4.69) is 21.3 Å². The van der Waals surface area contributed by atoms with E-state index >= 15 is 0 Å². The van der Waals surface area contributed by atoms with Gasteiger partial charge in [-0.2, -0.15) is 0 Å². The van der Waals surface area contributed by atoms with Crippen LogP contribution in [0.25, 0.3) is 10.2 Å². The summed E-state index contributed by atoms with van der Waals surface area (Å²) in [7, 11) is -3.98. The fourth-order valence-corrected chi connectivity index (χ4v) is 5.49. The highest BCUT2D eigenvalue weighted by molar-refractivity contribution is 8.00. The molecule has 0 bridgehead atoms. The second kappa shape index (κ2) is 7.43. The molecule has 0 spiro atoms.